The van der Waals surface area contributed by atoms with Gasteiger partial charge < -0.3 is 25.6 Å². The standard InChI is InChI=1S/C22H29N9O/c1-14(2)25-20-19-15(10-16(26-20)22(3)12-32-13-22)11-24-21(28-19)27-17-4-5-18(30-29-17)31-8-6-23-7-9-31/h4-5,10-11,14,23H,6-9,12-13H2,1-3H3,(H,25,26)(H,24,27,28,29). The number of anilines is 4. The third kappa shape index (κ3) is 4.15. The Hall–Kier alpha value is -3.11. The van der Waals surface area contributed by atoms with Gasteiger partial charge in [-0.25, -0.2) is 15.0 Å². The molecule has 10 nitrogen and oxygen atoms in total. The average molecular weight is 436 g/mol. The molecule has 0 amide bonds. The monoisotopic (exact) mass is 435 g/mol. The molecular formula is C22H29N9O. The molecule has 2 aliphatic heterocycles. The summed E-state index contributed by atoms with van der Waals surface area (Å²) < 4.78 is 5.44. The second-order valence-electron chi connectivity index (χ2n) is 8.98. The van der Waals surface area contributed by atoms with Crippen LogP contribution in [0.5, 0.6) is 0 Å². The van der Waals surface area contributed by atoms with Crippen LogP contribution in [0.15, 0.2) is 24.4 Å². The highest BCUT2D eigenvalue weighted by Crippen LogP contribution is 2.34. The zero-order valence-corrected chi connectivity index (χ0v) is 18.7. The Bertz CT molecular complexity index is 1090. The predicted octanol–water partition coefficient (Wildman–Crippen LogP) is 2.08. The van der Waals surface area contributed by atoms with Crippen molar-refractivity contribution in [1.82, 2.24) is 30.5 Å². The van der Waals surface area contributed by atoms with Crippen molar-refractivity contribution in [2.75, 3.05) is 54.9 Å². The average Bonchev–Trinajstić information content (AvgIpc) is 2.78. The molecule has 0 spiro atoms. The van der Waals surface area contributed by atoms with Crippen molar-refractivity contribution in [1.29, 1.82) is 0 Å². The summed E-state index contributed by atoms with van der Waals surface area (Å²) in [7, 11) is 0. The Labute approximate surface area is 187 Å². The third-order valence-electron chi connectivity index (χ3n) is 5.78. The molecule has 168 valence electrons. The van der Waals surface area contributed by atoms with Gasteiger partial charge in [-0.3, -0.25) is 0 Å². The van der Waals surface area contributed by atoms with Crippen molar-refractivity contribution in [2.24, 2.45) is 0 Å². The van der Waals surface area contributed by atoms with E-state index in [-0.39, 0.29) is 11.5 Å². The minimum absolute atomic E-state index is 0.0692. The Morgan fingerprint density at radius 2 is 1.94 bits per heavy atom. The van der Waals surface area contributed by atoms with Gasteiger partial charge in [-0.15, -0.1) is 10.2 Å². The maximum atomic E-state index is 5.44. The first kappa shape index (κ1) is 20.8. The smallest absolute Gasteiger partial charge is 0.229 e. The van der Waals surface area contributed by atoms with Gasteiger partial charge in [0.2, 0.25) is 5.95 Å². The van der Waals surface area contributed by atoms with Crippen LogP contribution in [-0.4, -0.2) is 70.6 Å². The number of hydrogen-bond acceptors (Lipinski definition) is 10. The van der Waals surface area contributed by atoms with Crippen LogP contribution in [0.2, 0.25) is 0 Å². The maximum Gasteiger partial charge on any atom is 0.229 e. The van der Waals surface area contributed by atoms with E-state index in [1.807, 2.05) is 18.3 Å². The van der Waals surface area contributed by atoms with Crippen LogP contribution < -0.4 is 20.9 Å². The Morgan fingerprint density at radius 1 is 1.12 bits per heavy atom. The highest BCUT2D eigenvalue weighted by atomic mass is 16.5. The fourth-order valence-electron chi connectivity index (χ4n) is 3.91. The molecule has 2 aliphatic rings. The van der Waals surface area contributed by atoms with Gasteiger partial charge in [0, 0.05) is 43.8 Å². The molecule has 3 aromatic rings. The number of nitrogens with zero attached hydrogens (tertiary/aromatic N) is 6. The van der Waals surface area contributed by atoms with Crippen LogP contribution in [0.25, 0.3) is 10.9 Å². The molecule has 32 heavy (non-hydrogen) atoms. The summed E-state index contributed by atoms with van der Waals surface area (Å²) >= 11 is 0. The highest BCUT2D eigenvalue weighted by molar-refractivity contribution is 5.89. The number of pyridine rings is 1. The minimum Gasteiger partial charge on any atom is -0.379 e. The first-order valence-corrected chi connectivity index (χ1v) is 11.1. The number of ether oxygens (including phenoxy) is 1. The molecule has 2 saturated heterocycles. The van der Waals surface area contributed by atoms with E-state index >= 15 is 0 Å². The van der Waals surface area contributed by atoms with Gasteiger partial charge in [0.25, 0.3) is 0 Å². The summed E-state index contributed by atoms with van der Waals surface area (Å²) in [5.41, 5.74) is 1.70. The van der Waals surface area contributed by atoms with Gasteiger partial charge >= 0.3 is 0 Å². The topological polar surface area (TPSA) is 113 Å². The number of nitrogens with one attached hydrogen (secondary N) is 3. The van der Waals surface area contributed by atoms with Crippen LogP contribution in [-0.2, 0) is 10.2 Å². The summed E-state index contributed by atoms with van der Waals surface area (Å²) in [6.07, 6.45) is 1.83. The Kier molecular flexibility index (Phi) is 5.48. The minimum atomic E-state index is -0.0692. The lowest BCUT2D eigenvalue weighted by atomic mass is 9.84. The highest BCUT2D eigenvalue weighted by Gasteiger charge is 2.37. The van der Waals surface area contributed by atoms with E-state index in [0.717, 1.165) is 54.4 Å². The van der Waals surface area contributed by atoms with Gasteiger partial charge in [-0.2, -0.15) is 0 Å². The number of piperazine rings is 1. The van der Waals surface area contributed by atoms with Crippen LogP contribution >= 0.6 is 0 Å². The van der Waals surface area contributed by atoms with Gasteiger partial charge in [0.05, 0.1) is 24.3 Å². The van der Waals surface area contributed by atoms with E-state index in [9.17, 15) is 0 Å². The molecule has 2 fully saturated rings. The lowest BCUT2D eigenvalue weighted by Crippen LogP contribution is -2.44. The number of fused-ring (bicyclic) bond motifs is 1. The van der Waals surface area contributed by atoms with Crippen molar-refractivity contribution < 1.29 is 4.74 Å². The molecule has 0 unspecified atom stereocenters. The lowest BCUT2D eigenvalue weighted by Gasteiger charge is -2.37. The van der Waals surface area contributed by atoms with Crippen molar-refractivity contribution >= 4 is 34.3 Å². The normalized spacial score (nSPS) is 17.9. The second-order valence-corrected chi connectivity index (χ2v) is 8.98. The quantitative estimate of drug-likeness (QED) is 0.532. The molecule has 0 aromatic carbocycles. The molecule has 5 heterocycles. The van der Waals surface area contributed by atoms with E-state index < -0.39 is 0 Å². The van der Waals surface area contributed by atoms with E-state index in [2.05, 4.69) is 62.9 Å². The van der Waals surface area contributed by atoms with Crippen LogP contribution in [0, 0.1) is 0 Å². The summed E-state index contributed by atoms with van der Waals surface area (Å²) in [6.45, 7) is 11.5. The molecule has 0 aliphatic carbocycles. The fraction of sp³-hybridized carbons (Fsp3) is 0.500. The summed E-state index contributed by atoms with van der Waals surface area (Å²) in [5.74, 6) is 2.70. The molecule has 0 radical (unpaired) electrons. The molecule has 10 heteroatoms. The lowest BCUT2D eigenvalue weighted by molar-refractivity contribution is -0.0519. The van der Waals surface area contributed by atoms with Gasteiger partial charge in [0.1, 0.15) is 5.52 Å². The molecule has 0 bridgehead atoms. The summed E-state index contributed by atoms with van der Waals surface area (Å²) in [5, 5.41) is 19.6. The Morgan fingerprint density at radius 3 is 2.59 bits per heavy atom. The SMILES string of the molecule is CC(C)Nc1nc(C2(C)COC2)cc2cnc(Nc3ccc(N4CCNCC4)nn3)nc12. The Balaban J connectivity index is 1.41. The number of rotatable bonds is 6. The van der Waals surface area contributed by atoms with E-state index in [1.54, 1.807) is 0 Å². The first-order chi connectivity index (χ1) is 15.5. The third-order valence-corrected chi connectivity index (χ3v) is 5.78. The van der Waals surface area contributed by atoms with Crippen LogP contribution in [0.4, 0.5) is 23.4 Å². The zero-order valence-electron chi connectivity index (χ0n) is 18.7. The van der Waals surface area contributed by atoms with Crippen molar-refractivity contribution in [3.63, 3.8) is 0 Å². The largest absolute Gasteiger partial charge is 0.379 e. The van der Waals surface area contributed by atoms with E-state index in [1.165, 1.54) is 0 Å². The number of hydrogen-bond donors (Lipinski definition) is 3. The molecule has 3 N–H and O–H groups in total. The molecule has 3 aromatic heterocycles. The molecule has 5 rings (SSSR count). The fourth-order valence-corrected chi connectivity index (χ4v) is 3.91. The summed E-state index contributed by atoms with van der Waals surface area (Å²) in [4.78, 5) is 16.4. The predicted molar refractivity (Wildman–Crippen MR) is 125 cm³/mol. The van der Waals surface area contributed by atoms with Crippen LogP contribution in [0.1, 0.15) is 26.5 Å². The molecule has 0 saturated carbocycles. The van der Waals surface area contributed by atoms with Crippen molar-refractivity contribution in [3.8, 4) is 0 Å². The second kappa shape index (κ2) is 8.44. The van der Waals surface area contributed by atoms with E-state index in [0.29, 0.717) is 25.0 Å². The molecular weight excluding hydrogens is 406 g/mol. The van der Waals surface area contributed by atoms with Crippen molar-refractivity contribution in [2.45, 2.75) is 32.2 Å². The van der Waals surface area contributed by atoms with Gasteiger partial charge in [0.15, 0.2) is 17.5 Å². The first-order valence-electron chi connectivity index (χ1n) is 11.1. The van der Waals surface area contributed by atoms with Crippen LogP contribution in [0.3, 0.4) is 0 Å². The summed E-state index contributed by atoms with van der Waals surface area (Å²) in [6, 6.07) is 6.17. The van der Waals surface area contributed by atoms with Gasteiger partial charge in [-0.1, -0.05) is 0 Å². The zero-order chi connectivity index (χ0) is 22.1. The van der Waals surface area contributed by atoms with Gasteiger partial charge in [-0.05, 0) is 39.0 Å². The maximum absolute atomic E-state index is 5.44. The van der Waals surface area contributed by atoms with Crippen molar-refractivity contribution in [3.05, 3.63) is 30.1 Å². The van der Waals surface area contributed by atoms with E-state index in [4.69, 9.17) is 14.7 Å². The number of aromatic nitrogens is 5. The molecule has 0 atom stereocenters.